The quantitative estimate of drug-likeness (QED) is 0.764. The van der Waals surface area contributed by atoms with Gasteiger partial charge in [0.05, 0.1) is 5.25 Å². The highest BCUT2D eigenvalue weighted by Crippen LogP contribution is 2.30. The smallest absolute Gasteiger partial charge is 0.323 e. The van der Waals surface area contributed by atoms with E-state index in [0.29, 0.717) is 10.2 Å². The first-order valence-electron chi connectivity index (χ1n) is 5.15. The predicted molar refractivity (Wildman–Crippen MR) is 67.4 cm³/mol. The van der Waals surface area contributed by atoms with Gasteiger partial charge in [-0.15, -0.1) is 0 Å². The lowest BCUT2D eigenvalue weighted by molar-refractivity contribution is -0.141. The molecule has 1 aliphatic rings. The van der Waals surface area contributed by atoms with E-state index < -0.39 is 5.97 Å². The Morgan fingerprint density at radius 1 is 1.62 bits per heavy atom. The first-order chi connectivity index (χ1) is 7.41. The van der Waals surface area contributed by atoms with Crippen LogP contribution < -0.4 is 0 Å². The van der Waals surface area contributed by atoms with E-state index in [9.17, 15) is 9.59 Å². The summed E-state index contributed by atoms with van der Waals surface area (Å²) in [5.41, 5.74) is 0. The van der Waals surface area contributed by atoms with Crippen molar-refractivity contribution in [2.45, 2.75) is 31.9 Å². The van der Waals surface area contributed by atoms with Crippen LogP contribution in [0.2, 0.25) is 0 Å². The van der Waals surface area contributed by atoms with Gasteiger partial charge < -0.3 is 5.11 Å². The van der Waals surface area contributed by atoms with E-state index in [1.165, 1.54) is 16.7 Å². The Morgan fingerprint density at radius 3 is 2.75 bits per heavy atom. The first-order valence-corrected chi connectivity index (χ1v) is 6.44. The normalized spacial score (nSPS) is 20.9. The van der Waals surface area contributed by atoms with Crippen molar-refractivity contribution < 1.29 is 14.7 Å². The van der Waals surface area contributed by atoms with Gasteiger partial charge in [-0.2, -0.15) is 0 Å². The maximum absolute atomic E-state index is 11.8. The SMILES string of the molecule is CC(C)CCC1SC(=S)N(CC(=O)O)C1=O. The molecule has 1 fully saturated rings. The van der Waals surface area contributed by atoms with E-state index >= 15 is 0 Å². The Hall–Kier alpha value is -0.620. The van der Waals surface area contributed by atoms with Crippen molar-refractivity contribution in [2.24, 2.45) is 5.92 Å². The standard InChI is InChI=1S/C10H15NO3S2/c1-6(2)3-4-7-9(14)11(5-8(12)13)10(15)16-7/h6-7H,3-5H2,1-2H3,(H,12,13). The lowest BCUT2D eigenvalue weighted by Gasteiger charge is -2.12. The average molecular weight is 261 g/mol. The zero-order chi connectivity index (χ0) is 12.3. The van der Waals surface area contributed by atoms with E-state index in [1.54, 1.807) is 0 Å². The van der Waals surface area contributed by atoms with Gasteiger partial charge in [0.25, 0.3) is 0 Å². The summed E-state index contributed by atoms with van der Waals surface area (Å²) >= 11 is 6.31. The highest BCUT2D eigenvalue weighted by Gasteiger charge is 2.37. The molecule has 0 spiro atoms. The van der Waals surface area contributed by atoms with Crippen molar-refractivity contribution in [3.8, 4) is 0 Å². The van der Waals surface area contributed by atoms with Crippen LogP contribution in [0.25, 0.3) is 0 Å². The third-order valence-electron chi connectivity index (χ3n) is 2.30. The third kappa shape index (κ3) is 3.45. The fourth-order valence-corrected chi connectivity index (χ4v) is 2.95. The highest BCUT2D eigenvalue weighted by atomic mass is 32.2. The number of carboxylic acid groups (broad SMARTS) is 1. The molecule has 4 nitrogen and oxygen atoms in total. The summed E-state index contributed by atoms with van der Waals surface area (Å²) < 4.78 is 0.390. The fraction of sp³-hybridized carbons (Fsp3) is 0.700. The molecule has 0 aliphatic carbocycles. The summed E-state index contributed by atoms with van der Waals surface area (Å²) in [5.74, 6) is -0.644. The van der Waals surface area contributed by atoms with Gasteiger partial charge in [-0.3, -0.25) is 14.5 Å². The molecule has 0 aromatic rings. The Balaban J connectivity index is 2.56. The molecule has 1 N–H and O–H groups in total. The largest absolute Gasteiger partial charge is 0.480 e. The van der Waals surface area contributed by atoms with Gasteiger partial charge in [0.2, 0.25) is 5.91 Å². The lowest BCUT2D eigenvalue weighted by Crippen LogP contribution is -2.35. The van der Waals surface area contributed by atoms with Crippen LogP contribution in [-0.2, 0) is 9.59 Å². The molecule has 0 aromatic heterocycles. The summed E-state index contributed by atoms with van der Waals surface area (Å²) in [6, 6.07) is 0. The van der Waals surface area contributed by atoms with E-state index in [1.807, 2.05) is 0 Å². The lowest BCUT2D eigenvalue weighted by atomic mass is 10.1. The third-order valence-corrected chi connectivity index (χ3v) is 3.96. The molecule has 6 heteroatoms. The minimum Gasteiger partial charge on any atom is -0.480 e. The van der Waals surface area contributed by atoms with Crippen LogP contribution in [0.15, 0.2) is 0 Å². The number of hydrogen-bond donors (Lipinski definition) is 1. The fourth-order valence-electron chi connectivity index (χ4n) is 1.44. The number of carbonyl (C=O) groups is 2. The Labute approximate surface area is 104 Å². The van der Waals surface area contributed by atoms with Crippen LogP contribution in [0, 0.1) is 5.92 Å². The molecule has 1 amide bonds. The van der Waals surface area contributed by atoms with Crippen molar-refractivity contribution in [3.63, 3.8) is 0 Å². The number of carbonyl (C=O) groups excluding carboxylic acids is 1. The van der Waals surface area contributed by atoms with Crippen molar-refractivity contribution in [3.05, 3.63) is 0 Å². The molecule has 1 heterocycles. The molecular formula is C10H15NO3S2. The average Bonchev–Trinajstić information content (AvgIpc) is 2.42. The van der Waals surface area contributed by atoms with E-state index in [4.69, 9.17) is 17.3 Å². The zero-order valence-electron chi connectivity index (χ0n) is 9.30. The molecule has 90 valence electrons. The molecule has 1 saturated heterocycles. The number of nitrogens with zero attached hydrogens (tertiary/aromatic N) is 1. The Bertz CT molecular complexity index is 317. The minimum absolute atomic E-state index is 0.155. The van der Waals surface area contributed by atoms with Crippen LogP contribution in [0.5, 0.6) is 0 Å². The maximum atomic E-state index is 11.8. The van der Waals surface area contributed by atoms with Gasteiger partial charge in [-0.25, -0.2) is 0 Å². The summed E-state index contributed by atoms with van der Waals surface area (Å²) in [6.07, 6.45) is 1.71. The van der Waals surface area contributed by atoms with Gasteiger partial charge in [-0.1, -0.05) is 37.8 Å². The van der Waals surface area contributed by atoms with Crippen molar-refractivity contribution >= 4 is 40.2 Å². The number of carboxylic acids is 1. The molecule has 1 atom stereocenters. The van der Waals surface area contributed by atoms with E-state index in [-0.39, 0.29) is 17.7 Å². The predicted octanol–water partition coefficient (Wildman–Crippen LogP) is 1.74. The molecule has 1 rings (SSSR count). The van der Waals surface area contributed by atoms with Crippen LogP contribution in [0.4, 0.5) is 0 Å². The van der Waals surface area contributed by atoms with Crippen molar-refractivity contribution in [1.82, 2.24) is 4.90 Å². The number of rotatable bonds is 5. The molecule has 0 bridgehead atoms. The van der Waals surface area contributed by atoms with Gasteiger partial charge in [0.1, 0.15) is 10.9 Å². The van der Waals surface area contributed by atoms with E-state index in [0.717, 1.165) is 12.8 Å². The second-order valence-corrected chi connectivity index (χ2v) is 6.00. The number of thioether (sulfide) groups is 1. The molecular weight excluding hydrogens is 246 g/mol. The van der Waals surface area contributed by atoms with Gasteiger partial charge in [-0.05, 0) is 18.8 Å². The van der Waals surface area contributed by atoms with Gasteiger partial charge in [0.15, 0.2) is 0 Å². The maximum Gasteiger partial charge on any atom is 0.323 e. The van der Waals surface area contributed by atoms with Crippen LogP contribution in [0.3, 0.4) is 0 Å². The minimum atomic E-state index is -1.03. The second-order valence-electron chi connectivity index (χ2n) is 4.16. The molecule has 16 heavy (non-hydrogen) atoms. The molecule has 0 aromatic carbocycles. The molecule has 1 aliphatic heterocycles. The highest BCUT2D eigenvalue weighted by molar-refractivity contribution is 8.24. The summed E-state index contributed by atoms with van der Waals surface area (Å²) in [7, 11) is 0. The number of amides is 1. The number of hydrogen-bond acceptors (Lipinski definition) is 4. The van der Waals surface area contributed by atoms with E-state index in [2.05, 4.69) is 13.8 Å². The van der Waals surface area contributed by atoms with Crippen LogP contribution in [-0.4, -0.2) is 38.0 Å². The summed E-state index contributed by atoms with van der Waals surface area (Å²) in [5, 5.41) is 8.47. The first kappa shape index (κ1) is 13.4. The monoisotopic (exact) mass is 261 g/mol. The zero-order valence-corrected chi connectivity index (χ0v) is 10.9. The van der Waals surface area contributed by atoms with Crippen molar-refractivity contribution in [1.29, 1.82) is 0 Å². The topological polar surface area (TPSA) is 57.6 Å². The molecule has 1 unspecified atom stereocenters. The second kappa shape index (κ2) is 5.63. The van der Waals surface area contributed by atoms with Crippen LogP contribution >= 0.6 is 24.0 Å². The number of aliphatic carboxylic acids is 1. The van der Waals surface area contributed by atoms with Crippen LogP contribution in [0.1, 0.15) is 26.7 Å². The Morgan fingerprint density at radius 2 is 2.25 bits per heavy atom. The summed E-state index contributed by atoms with van der Waals surface area (Å²) in [4.78, 5) is 23.6. The van der Waals surface area contributed by atoms with Gasteiger partial charge in [0, 0.05) is 0 Å². The van der Waals surface area contributed by atoms with Crippen molar-refractivity contribution in [2.75, 3.05) is 6.54 Å². The Kier molecular flexibility index (Phi) is 4.73. The molecule has 0 saturated carbocycles. The molecule has 0 radical (unpaired) electrons. The van der Waals surface area contributed by atoms with Gasteiger partial charge >= 0.3 is 5.97 Å². The summed E-state index contributed by atoms with van der Waals surface area (Å²) in [6.45, 7) is 3.87. The number of thiocarbonyl (C=S) groups is 1.